The van der Waals surface area contributed by atoms with Gasteiger partial charge in [0.15, 0.2) is 5.78 Å². The number of amides is 3. The third-order valence-corrected chi connectivity index (χ3v) is 7.39. The SMILES string of the molecule is Cc1cc(C(=O)CN2C(=O)N[C@]3(CCCc4sccc43)C2=O)c(C)n1Cc1ccco1. The molecule has 0 unspecified atom stereocenters. The van der Waals surface area contributed by atoms with Gasteiger partial charge in [0.05, 0.1) is 19.4 Å². The van der Waals surface area contributed by atoms with Crippen LogP contribution >= 0.6 is 11.3 Å². The molecular formula is C23H23N3O4S. The Morgan fingerprint density at radius 2 is 2.13 bits per heavy atom. The van der Waals surface area contributed by atoms with Crippen molar-refractivity contribution in [1.29, 1.82) is 0 Å². The van der Waals surface area contributed by atoms with Crippen molar-refractivity contribution in [2.24, 2.45) is 0 Å². The van der Waals surface area contributed by atoms with Gasteiger partial charge in [-0.15, -0.1) is 11.3 Å². The standard InChI is InChI=1S/C23H23N3O4S/c1-14-11-17(15(2)25(14)12-16-5-4-9-30-16)19(27)13-26-21(28)23(24-22(26)29)8-3-6-20-18(23)7-10-31-20/h4-5,7,9-11H,3,6,8,12-13H2,1-2H3,(H,24,29)/t23-/m0/s1. The molecular weight excluding hydrogens is 414 g/mol. The fraction of sp³-hybridized carbons (Fsp3) is 0.348. The van der Waals surface area contributed by atoms with Gasteiger partial charge < -0.3 is 14.3 Å². The zero-order chi connectivity index (χ0) is 21.8. The fourth-order valence-corrected chi connectivity index (χ4v) is 5.80. The molecule has 5 rings (SSSR count). The molecule has 160 valence electrons. The van der Waals surface area contributed by atoms with Crippen LogP contribution in [0.4, 0.5) is 4.79 Å². The molecule has 0 bridgehead atoms. The number of Topliss-reactive ketones (excluding diaryl/α,β-unsaturated/α-hetero) is 1. The molecule has 4 heterocycles. The molecule has 1 saturated heterocycles. The van der Waals surface area contributed by atoms with E-state index < -0.39 is 11.6 Å². The van der Waals surface area contributed by atoms with Gasteiger partial charge in [0.1, 0.15) is 11.3 Å². The normalized spacial score (nSPS) is 20.4. The van der Waals surface area contributed by atoms with Crippen LogP contribution in [0.25, 0.3) is 0 Å². The first kappa shape index (κ1) is 19.8. The molecule has 0 saturated carbocycles. The van der Waals surface area contributed by atoms with Gasteiger partial charge in [-0.2, -0.15) is 0 Å². The summed E-state index contributed by atoms with van der Waals surface area (Å²) in [6.07, 6.45) is 3.92. The number of nitrogens with one attached hydrogen (secondary N) is 1. The molecule has 2 aliphatic rings. The molecule has 0 radical (unpaired) electrons. The third-order valence-electron chi connectivity index (χ3n) is 6.41. The molecule has 1 N–H and O–H groups in total. The van der Waals surface area contributed by atoms with E-state index in [1.54, 1.807) is 17.6 Å². The van der Waals surface area contributed by atoms with Crippen molar-refractivity contribution in [2.75, 3.05) is 6.54 Å². The molecule has 3 aromatic heterocycles. The van der Waals surface area contributed by atoms with Crippen LogP contribution < -0.4 is 5.32 Å². The van der Waals surface area contributed by atoms with E-state index in [4.69, 9.17) is 4.42 Å². The number of rotatable bonds is 5. The van der Waals surface area contributed by atoms with E-state index in [0.717, 1.165) is 45.3 Å². The number of hydrogen-bond donors (Lipinski definition) is 1. The predicted octanol–water partition coefficient (Wildman–Crippen LogP) is 3.77. The Hall–Kier alpha value is -3.13. The lowest BCUT2D eigenvalue weighted by Crippen LogP contribution is -2.46. The highest BCUT2D eigenvalue weighted by molar-refractivity contribution is 7.10. The van der Waals surface area contributed by atoms with Crippen molar-refractivity contribution in [3.05, 3.63) is 69.1 Å². The van der Waals surface area contributed by atoms with Crippen LogP contribution in [0.3, 0.4) is 0 Å². The average molecular weight is 438 g/mol. The van der Waals surface area contributed by atoms with Crippen LogP contribution in [0.5, 0.6) is 0 Å². The second-order valence-electron chi connectivity index (χ2n) is 8.21. The Morgan fingerprint density at radius 1 is 1.29 bits per heavy atom. The van der Waals surface area contributed by atoms with Gasteiger partial charge in [-0.3, -0.25) is 14.5 Å². The van der Waals surface area contributed by atoms with Crippen LogP contribution in [0.15, 0.2) is 40.3 Å². The monoisotopic (exact) mass is 437 g/mol. The van der Waals surface area contributed by atoms with Crippen molar-refractivity contribution < 1.29 is 18.8 Å². The molecule has 1 aliphatic heterocycles. The van der Waals surface area contributed by atoms with Gasteiger partial charge in [0.2, 0.25) is 0 Å². The van der Waals surface area contributed by atoms with E-state index in [-0.39, 0.29) is 18.2 Å². The van der Waals surface area contributed by atoms with E-state index in [1.807, 2.05) is 48.1 Å². The summed E-state index contributed by atoms with van der Waals surface area (Å²) in [6.45, 7) is 4.05. The first-order chi connectivity index (χ1) is 14.9. The summed E-state index contributed by atoms with van der Waals surface area (Å²) in [5, 5.41) is 4.86. The second kappa shape index (κ2) is 7.23. The molecule has 3 amide bonds. The van der Waals surface area contributed by atoms with E-state index in [2.05, 4.69) is 5.32 Å². The topological polar surface area (TPSA) is 84.5 Å². The first-order valence-electron chi connectivity index (χ1n) is 10.3. The Kier molecular flexibility index (Phi) is 4.62. The van der Waals surface area contributed by atoms with E-state index >= 15 is 0 Å². The zero-order valence-corrected chi connectivity index (χ0v) is 18.3. The Bertz CT molecular complexity index is 1190. The number of furan rings is 1. The molecule has 1 fully saturated rings. The van der Waals surface area contributed by atoms with Gasteiger partial charge in [-0.25, -0.2) is 4.79 Å². The number of imide groups is 1. The van der Waals surface area contributed by atoms with Crippen LogP contribution in [0.1, 0.15) is 50.8 Å². The van der Waals surface area contributed by atoms with Crippen molar-refractivity contribution in [3.63, 3.8) is 0 Å². The maximum Gasteiger partial charge on any atom is 0.325 e. The molecule has 1 aliphatic carbocycles. The summed E-state index contributed by atoms with van der Waals surface area (Å²) in [6, 6.07) is 6.95. The number of ketones is 1. The van der Waals surface area contributed by atoms with E-state index in [0.29, 0.717) is 18.5 Å². The molecule has 7 nitrogen and oxygen atoms in total. The largest absolute Gasteiger partial charge is 0.467 e. The van der Waals surface area contributed by atoms with Crippen molar-refractivity contribution in [2.45, 2.75) is 45.2 Å². The average Bonchev–Trinajstić information content (AvgIpc) is 3.52. The van der Waals surface area contributed by atoms with Crippen LogP contribution in [-0.2, 0) is 23.3 Å². The number of thiophene rings is 1. The number of aryl methyl sites for hydroxylation is 2. The molecule has 3 aromatic rings. The number of nitrogens with zero attached hydrogens (tertiary/aromatic N) is 2. The Balaban J connectivity index is 1.39. The zero-order valence-electron chi connectivity index (χ0n) is 17.4. The summed E-state index contributed by atoms with van der Waals surface area (Å²) in [7, 11) is 0. The summed E-state index contributed by atoms with van der Waals surface area (Å²) in [5.74, 6) is 0.219. The fourth-order valence-electron chi connectivity index (χ4n) is 4.80. The number of aromatic nitrogens is 1. The van der Waals surface area contributed by atoms with Crippen LogP contribution in [-0.4, -0.2) is 33.7 Å². The summed E-state index contributed by atoms with van der Waals surface area (Å²) < 4.78 is 7.43. The highest BCUT2D eigenvalue weighted by Gasteiger charge is 2.54. The van der Waals surface area contributed by atoms with Crippen molar-refractivity contribution in [1.82, 2.24) is 14.8 Å². The number of hydrogen-bond acceptors (Lipinski definition) is 5. The highest BCUT2D eigenvalue weighted by atomic mass is 32.1. The van der Waals surface area contributed by atoms with Crippen LogP contribution in [0.2, 0.25) is 0 Å². The van der Waals surface area contributed by atoms with Gasteiger partial charge in [0.25, 0.3) is 5.91 Å². The quantitative estimate of drug-likeness (QED) is 0.486. The molecule has 1 spiro atoms. The van der Waals surface area contributed by atoms with Gasteiger partial charge in [-0.05, 0) is 62.8 Å². The third kappa shape index (κ3) is 3.05. The van der Waals surface area contributed by atoms with Gasteiger partial charge in [0, 0.05) is 27.4 Å². The minimum absolute atomic E-state index is 0.249. The summed E-state index contributed by atoms with van der Waals surface area (Å²) in [5.41, 5.74) is 2.08. The van der Waals surface area contributed by atoms with Gasteiger partial charge >= 0.3 is 6.03 Å². The lowest BCUT2D eigenvalue weighted by atomic mass is 9.80. The smallest absolute Gasteiger partial charge is 0.325 e. The number of carbonyl (C=O) groups is 3. The first-order valence-corrected chi connectivity index (χ1v) is 11.2. The lowest BCUT2D eigenvalue weighted by Gasteiger charge is -2.31. The Morgan fingerprint density at radius 3 is 2.90 bits per heavy atom. The van der Waals surface area contributed by atoms with Crippen LogP contribution in [0, 0.1) is 13.8 Å². The summed E-state index contributed by atoms with van der Waals surface area (Å²) >= 11 is 1.61. The van der Waals surface area contributed by atoms with E-state index in [9.17, 15) is 14.4 Å². The van der Waals surface area contributed by atoms with Crippen molar-refractivity contribution >= 4 is 29.1 Å². The number of carbonyl (C=O) groups excluding carboxylic acids is 3. The minimum atomic E-state index is -1.03. The molecule has 31 heavy (non-hydrogen) atoms. The van der Waals surface area contributed by atoms with Gasteiger partial charge in [-0.1, -0.05) is 0 Å². The molecule has 1 atom stereocenters. The highest BCUT2D eigenvalue weighted by Crippen LogP contribution is 2.42. The minimum Gasteiger partial charge on any atom is -0.467 e. The molecule has 8 heteroatoms. The van der Waals surface area contributed by atoms with E-state index in [1.165, 1.54) is 0 Å². The van der Waals surface area contributed by atoms with Crippen molar-refractivity contribution in [3.8, 4) is 0 Å². The Labute approximate surface area is 183 Å². The number of urea groups is 1. The second-order valence-corrected chi connectivity index (χ2v) is 9.21. The predicted molar refractivity (Wildman–Crippen MR) is 115 cm³/mol. The lowest BCUT2D eigenvalue weighted by molar-refractivity contribution is -0.131. The number of fused-ring (bicyclic) bond motifs is 2. The summed E-state index contributed by atoms with van der Waals surface area (Å²) in [4.78, 5) is 41.5. The maximum absolute atomic E-state index is 13.4. The molecule has 0 aromatic carbocycles. The maximum atomic E-state index is 13.4.